The van der Waals surface area contributed by atoms with Gasteiger partial charge in [0.25, 0.3) is 0 Å². The first-order valence-electron chi connectivity index (χ1n) is 6.41. The summed E-state index contributed by atoms with van der Waals surface area (Å²) in [5.41, 5.74) is -0.248. The zero-order chi connectivity index (χ0) is 14.4. The summed E-state index contributed by atoms with van der Waals surface area (Å²) in [6.45, 7) is 6.27. The summed E-state index contributed by atoms with van der Waals surface area (Å²) in [6.07, 6.45) is 2.97. The van der Waals surface area contributed by atoms with Gasteiger partial charge in [0.15, 0.2) is 0 Å². The normalized spacial score (nSPS) is 21.8. The van der Waals surface area contributed by atoms with Gasteiger partial charge in [-0.25, -0.2) is 0 Å². The third-order valence-electron chi connectivity index (χ3n) is 2.82. The van der Waals surface area contributed by atoms with E-state index in [1.807, 2.05) is 13.8 Å². The topological polar surface area (TPSA) is 73.3 Å². The monoisotopic (exact) mass is 460 g/mol. The molecule has 2 atom stereocenters. The summed E-state index contributed by atoms with van der Waals surface area (Å²) in [6, 6.07) is 0. The molecule has 1 aliphatic heterocycles. The van der Waals surface area contributed by atoms with Gasteiger partial charge in [-0.05, 0) is 0 Å². The van der Waals surface area contributed by atoms with E-state index in [9.17, 15) is 9.59 Å². The number of H-pyrrole nitrogens is 1. The fourth-order valence-corrected chi connectivity index (χ4v) is 2.76. The third kappa shape index (κ3) is 4.25. The standard InChI is InChI=1S/C10H13N2O4.C2H6.Tl/c1-6-4-12(10(15)11-9(6)14)8-3-2-7(5-13)16-8;1-2;/h4,7-8H,2-3,5H2,1H3,(H,11,14,15);1-2H3;/q-1;;+1/t7?,8-;;/m0../s1. The van der Waals surface area contributed by atoms with E-state index in [0.29, 0.717) is 38.4 Å². The van der Waals surface area contributed by atoms with Crippen molar-refractivity contribution in [3.05, 3.63) is 32.6 Å². The molecular weight excluding hydrogens is 441 g/mol. The van der Waals surface area contributed by atoms with Crippen LogP contribution in [0, 0.1) is 6.92 Å². The summed E-state index contributed by atoms with van der Waals surface area (Å²) >= 11 is 0.501. The number of aromatic amines is 1. The predicted molar refractivity (Wildman–Crippen MR) is 72.3 cm³/mol. The molecule has 0 radical (unpaired) electrons. The molecule has 1 aromatic rings. The van der Waals surface area contributed by atoms with E-state index in [4.69, 9.17) is 7.42 Å². The second kappa shape index (κ2) is 7.95. The van der Waals surface area contributed by atoms with Crippen molar-refractivity contribution in [3.8, 4) is 0 Å². The number of aryl methyl sites for hydroxylation is 1. The van der Waals surface area contributed by atoms with Crippen LogP contribution in [0.5, 0.6) is 0 Å². The molecule has 1 fully saturated rings. The van der Waals surface area contributed by atoms with E-state index in [0.717, 1.165) is 12.8 Å². The summed E-state index contributed by atoms with van der Waals surface area (Å²) in [5.74, 6) is 0. The van der Waals surface area contributed by atoms with E-state index in [1.54, 1.807) is 13.1 Å². The first-order valence-corrected chi connectivity index (χ1v) is 8.24. The van der Waals surface area contributed by atoms with E-state index in [1.165, 1.54) is 4.57 Å². The molecule has 0 aromatic carbocycles. The molecule has 7 heteroatoms. The molecule has 1 aromatic heterocycles. The van der Waals surface area contributed by atoms with Gasteiger partial charge in [0, 0.05) is 0 Å². The van der Waals surface area contributed by atoms with Crippen LogP contribution in [0.1, 0.15) is 38.5 Å². The van der Waals surface area contributed by atoms with Gasteiger partial charge in [-0.2, -0.15) is 0 Å². The Morgan fingerprint density at radius 1 is 1.47 bits per heavy atom. The molecule has 2 heterocycles. The maximum atomic E-state index is 11.6. The first kappa shape index (κ1) is 16.6. The molecule has 1 N–H and O–H groups in total. The van der Waals surface area contributed by atoms with Gasteiger partial charge in [-0.1, -0.05) is 13.8 Å². The van der Waals surface area contributed by atoms with Crippen molar-refractivity contribution in [1.82, 2.24) is 9.55 Å². The fourth-order valence-electron chi connectivity index (χ4n) is 1.92. The van der Waals surface area contributed by atoms with Crippen molar-refractivity contribution in [2.45, 2.75) is 45.9 Å². The number of hydrogen-bond acceptors (Lipinski definition) is 4. The van der Waals surface area contributed by atoms with Gasteiger partial charge in [0.1, 0.15) is 0 Å². The zero-order valence-corrected chi connectivity index (χ0v) is 16.0. The summed E-state index contributed by atoms with van der Waals surface area (Å²) in [7, 11) is 0. The molecule has 1 saturated heterocycles. The molecule has 19 heavy (non-hydrogen) atoms. The van der Waals surface area contributed by atoms with E-state index < -0.39 is 5.69 Å². The fraction of sp³-hybridized carbons (Fsp3) is 0.667. The van der Waals surface area contributed by atoms with Gasteiger partial charge in [0.2, 0.25) is 0 Å². The SMILES string of the molecule is CC.Cc1cn([C@@H]2CCC(C[O][Tl])O2)c(=O)[nH]c1=O. The van der Waals surface area contributed by atoms with Crippen molar-refractivity contribution in [2.75, 3.05) is 6.61 Å². The molecule has 0 saturated carbocycles. The van der Waals surface area contributed by atoms with E-state index in [-0.39, 0.29) is 17.9 Å². The van der Waals surface area contributed by atoms with Crippen molar-refractivity contribution >= 4 is 26.2 Å². The second-order valence-electron chi connectivity index (χ2n) is 4.10. The summed E-state index contributed by atoms with van der Waals surface area (Å²) in [5, 5.41) is 0. The number of nitrogens with zero attached hydrogens (tertiary/aromatic N) is 1. The average molecular weight is 460 g/mol. The summed E-state index contributed by atoms with van der Waals surface area (Å²) < 4.78 is 12.3. The molecule has 0 aliphatic carbocycles. The van der Waals surface area contributed by atoms with Crippen LogP contribution in [0.2, 0.25) is 0 Å². The number of rotatable bonds is 3. The van der Waals surface area contributed by atoms with Gasteiger partial charge in [-0.15, -0.1) is 0 Å². The summed E-state index contributed by atoms with van der Waals surface area (Å²) in [4.78, 5) is 25.2. The molecule has 104 valence electrons. The van der Waals surface area contributed by atoms with Crippen molar-refractivity contribution in [3.63, 3.8) is 0 Å². The average Bonchev–Trinajstić information content (AvgIpc) is 2.85. The predicted octanol–water partition coefficient (Wildman–Crippen LogP) is 0.649. The maximum absolute atomic E-state index is 11.6. The Morgan fingerprint density at radius 3 is 2.79 bits per heavy atom. The number of aromatic nitrogens is 2. The molecule has 0 amide bonds. The van der Waals surface area contributed by atoms with Gasteiger partial charge < -0.3 is 0 Å². The van der Waals surface area contributed by atoms with Crippen LogP contribution < -0.4 is 11.2 Å². The Hall–Kier alpha value is -0.478. The third-order valence-corrected chi connectivity index (χ3v) is 3.57. The minimum absolute atomic E-state index is 0.0594. The van der Waals surface area contributed by atoms with E-state index in [2.05, 4.69) is 4.98 Å². The first-order chi connectivity index (χ1) is 9.11. The van der Waals surface area contributed by atoms with Crippen LogP contribution in [-0.2, 0) is 7.42 Å². The Kier molecular flexibility index (Phi) is 6.94. The second-order valence-corrected chi connectivity index (χ2v) is 5.40. The number of ether oxygens (including phenoxy) is 1. The van der Waals surface area contributed by atoms with Gasteiger partial charge in [0.05, 0.1) is 0 Å². The van der Waals surface area contributed by atoms with Crippen LogP contribution in [0.15, 0.2) is 15.8 Å². The molecule has 1 aliphatic rings. The molecular formula is C12H19N2O4Tl. The molecule has 0 bridgehead atoms. The molecule has 1 unspecified atom stereocenters. The Morgan fingerprint density at radius 2 is 2.16 bits per heavy atom. The quantitative estimate of drug-likeness (QED) is 0.674. The van der Waals surface area contributed by atoms with Crippen LogP contribution in [-0.4, -0.2) is 48.5 Å². The van der Waals surface area contributed by atoms with Crippen LogP contribution in [0.25, 0.3) is 0 Å². The molecule has 6 nitrogen and oxygen atoms in total. The van der Waals surface area contributed by atoms with Crippen LogP contribution >= 0.6 is 0 Å². The van der Waals surface area contributed by atoms with Gasteiger partial charge in [-0.3, -0.25) is 0 Å². The Bertz CT molecular complexity index is 511. The zero-order valence-electron chi connectivity index (χ0n) is 11.5. The van der Waals surface area contributed by atoms with Gasteiger partial charge >= 0.3 is 114 Å². The van der Waals surface area contributed by atoms with Crippen molar-refractivity contribution in [1.29, 1.82) is 0 Å². The minimum atomic E-state index is -0.417. The Balaban J connectivity index is 0.000000861. The number of hydrogen-bond donors (Lipinski definition) is 1. The van der Waals surface area contributed by atoms with Crippen molar-refractivity contribution < 1.29 is 7.42 Å². The van der Waals surface area contributed by atoms with Crippen LogP contribution in [0.3, 0.4) is 0 Å². The molecule has 0 spiro atoms. The van der Waals surface area contributed by atoms with Crippen LogP contribution in [0.4, 0.5) is 0 Å². The van der Waals surface area contributed by atoms with Crippen molar-refractivity contribution in [2.24, 2.45) is 0 Å². The molecule has 2 rings (SSSR count). The number of nitrogens with one attached hydrogen (secondary N) is 1. The van der Waals surface area contributed by atoms with E-state index >= 15 is 0 Å². The Labute approximate surface area is 128 Å².